The Kier molecular flexibility index (Phi) is 5.78. The first-order chi connectivity index (χ1) is 12.1. The van der Waals surface area contributed by atoms with Gasteiger partial charge in [-0.05, 0) is 53.2 Å². The van der Waals surface area contributed by atoms with Crippen LogP contribution in [0, 0.1) is 0 Å². The van der Waals surface area contributed by atoms with Crippen LogP contribution >= 0.6 is 39.0 Å². The van der Waals surface area contributed by atoms with Gasteiger partial charge in [-0.1, -0.05) is 30.0 Å². The van der Waals surface area contributed by atoms with Gasteiger partial charge in [0.25, 0.3) is 0 Å². The first-order valence-corrected chi connectivity index (χ1v) is 9.91. The zero-order valence-corrected chi connectivity index (χ0v) is 16.5. The number of benzene rings is 1. The second kappa shape index (κ2) is 8.03. The molecule has 0 saturated heterocycles. The Balaban J connectivity index is 2.02. The summed E-state index contributed by atoms with van der Waals surface area (Å²) in [6.07, 6.45) is 1.84. The van der Waals surface area contributed by atoms with Gasteiger partial charge in [-0.2, -0.15) is 0 Å². The van der Waals surface area contributed by atoms with Crippen molar-refractivity contribution in [2.45, 2.75) is 6.92 Å². The van der Waals surface area contributed by atoms with Crippen LogP contribution in [0.1, 0.15) is 11.8 Å². The number of carbonyl (C=O) groups excluding carboxylic acids is 1. The van der Waals surface area contributed by atoms with E-state index in [4.69, 9.17) is 4.74 Å². The number of esters is 1. The van der Waals surface area contributed by atoms with Crippen molar-refractivity contribution in [1.29, 1.82) is 0 Å². The zero-order valence-electron chi connectivity index (χ0n) is 13.2. The van der Waals surface area contributed by atoms with Gasteiger partial charge in [-0.25, -0.2) is 9.79 Å². The Morgan fingerprint density at radius 3 is 2.68 bits per heavy atom. The third-order valence-corrected chi connectivity index (χ3v) is 5.81. The van der Waals surface area contributed by atoms with E-state index in [-0.39, 0.29) is 17.9 Å². The van der Waals surface area contributed by atoms with E-state index < -0.39 is 5.97 Å². The number of aliphatic hydroxyl groups excluding tert-OH is 1. The summed E-state index contributed by atoms with van der Waals surface area (Å²) < 4.78 is 6.08. The van der Waals surface area contributed by atoms with E-state index >= 15 is 0 Å². The molecule has 128 valence electrons. The Hall–Kier alpha value is -1.83. The van der Waals surface area contributed by atoms with Gasteiger partial charge in [0.2, 0.25) is 0 Å². The lowest BCUT2D eigenvalue weighted by Gasteiger charge is -2.03. The lowest BCUT2D eigenvalue weighted by molar-refractivity contribution is -0.138. The number of rotatable bonds is 4. The van der Waals surface area contributed by atoms with Crippen molar-refractivity contribution >= 4 is 61.8 Å². The van der Waals surface area contributed by atoms with Crippen molar-refractivity contribution < 1.29 is 14.6 Å². The number of carbonyl (C=O) groups is 1. The molecule has 7 heteroatoms. The Morgan fingerprint density at radius 2 is 2.04 bits per heavy atom. The molecule has 1 aliphatic heterocycles. The van der Waals surface area contributed by atoms with Crippen molar-refractivity contribution in [1.82, 2.24) is 0 Å². The van der Waals surface area contributed by atoms with Crippen LogP contribution in [-0.2, 0) is 9.53 Å². The quantitative estimate of drug-likeness (QED) is 0.625. The summed E-state index contributed by atoms with van der Waals surface area (Å²) in [4.78, 5) is 18.3. The average molecular weight is 436 g/mol. The van der Waals surface area contributed by atoms with E-state index in [9.17, 15) is 9.90 Å². The van der Waals surface area contributed by atoms with Crippen LogP contribution in [0.2, 0.25) is 0 Å². The highest BCUT2D eigenvalue weighted by Gasteiger charge is 2.33. The van der Waals surface area contributed by atoms with E-state index in [1.807, 2.05) is 48.5 Å². The van der Waals surface area contributed by atoms with Gasteiger partial charge in [0.05, 0.1) is 21.0 Å². The predicted octanol–water partition coefficient (Wildman–Crippen LogP) is 5.70. The summed E-state index contributed by atoms with van der Waals surface area (Å²) in [6.45, 7) is 1.96. The first kappa shape index (κ1) is 18.0. The molecule has 4 nitrogen and oxygen atoms in total. The number of thioether (sulfide) groups is 1. The van der Waals surface area contributed by atoms with Gasteiger partial charge in [-0.15, -0.1) is 11.3 Å². The van der Waals surface area contributed by atoms with Crippen LogP contribution in [0.5, 0.6) is 0 Å². The lowest BCUT2D eigenvalue weighted by atomic mass is 10.2. The number of nitrogens with zero attached hydrogens (tertiary/aromatic N) is 1. The van der Waals surface area contributed by atoms with Gasteiger partial charge in [-0.3, -0.25) is 0 Å². The molecule has 0 aliphatic carbocycles. The topological polar surface area (TPSA) is 58.9 Å². The molecule has 0 radical (unpaired) electrons. The normalized spacial score (nSPS) is 17.5. The summed E-state index contributed by atoms with van der Waals surface area (Å²) in [7, 11) is 0. The Labute approximate surface area is 162 Å². The van der Waals surface area contributed by atoms with E-state index in [1.165, 1.54) is 23.1 Å². The highest BCUT2D eigenvalue weighted by atomic mass is 79.9. The molecule has 0 bridgehead atoms. The molecule has 1 N–H and O–H groups in total. The standard InChI is InChI=1S/C18H14BrNO3S2/c1-2-23-18(22)15-16(21)13(10-12-8-9-14(19)24-12)25-17(15)20-11-6-4-3-5-7-11/h3-10,21H,2H2,1H3/b13-10-,20-17?. The molecule has 0 fully saturated rings. The summed E-state index contributed by atoms with van der Waals surface area (Å²) in [6, 6.07) is 13.2. The van der Waals surface area contributed by atoms with Gasteiger partial charge >= 0.3 is 5.97 Å². The van der Waals surface area contributed by atoms with Crippen LogP contribution in [0.3, 0.4) is 0 Å². The van der Waals surface area contributed by atoms with E-state index in [0.717, 1.165) is 8.66 Å². The molecule has 2 aromatic rings. The number of hydrogen-bond acceptors (Lipinski definition) is 6. The Morgan fingerprint density at radius 1 is 1.28 bits per heavy atom. The largest absolute Gasteiger partial charge is 0.506 e. The van der Waals surface area contributed by atoms with Crippen LogP contribution in [0.15, 0.2) is 67.5 Å². The van der Waals surface area contributed by atoms with E-state index in [1.54, 1.807) is 6.92 Å². The fourth-order valence-electron chi connectivity index (χ4n) is 2.15. The number of para-hydroxylation sites is 1. The Bertz CT molecular complexity index is 885. The molecule has 0 atom stereocenters. The molecule has 3 rings (SSSR count). The molecule has 1 aromatic heterocycles. The molecule has 0 spiro atoms. The van der Waals surface area contributed by atoms with Gasteiger partial charge in [0, 0.05) is 4.88 Å². The van der Waals surface area contributed by atoms with Crippen LogP contribution in [0.4, 0.5) is 5.69 Å². The van der Waals surface area contributed by atoms with E-state index in [0.29, 0.717) is 15.6 Å². The zero-order chi connectivity index (χ0) is 17.8. The van der Waals surface area contributed by atoms with Crippen molar-refractivity contribution in [2.75, 3.05) is 6.61 Å². The molecule has 1 aliphatic rings. The molecule has 1 aromatic carbocycles. The number of halogens is 1. The number of hydrogen-bond donors (Lipinski definition) is 1. The summed E-state index contributed by atoms with van der Waals surface area (Å²) in [5.74, 6) is -0.666. The van der Waals surface area contributed by atoms with Crippen LogP contribution in [0.25, 0.3) is 6.08 Å². The number of aliphatic hydroxyl groups is 1. The third kappa shape index (κ3) is 4.23. The summed E-state index contributed by atoms with van der Waals surface area (Å²) in [5, 5.41) is 11.0. The molecule has 2 heterocycles. The fourth-order valence-corrected chi connectivity index (χ4v) is 4.61. The number of ether oxygens (including phenoxy) is 1. The van der Waals surface area contributed by atoms with Gasteiger partial charge in [0.15, 0.2) is 0 Å². The van der Waals surface area contributed by atoms with Crippen molar-refractivity contribution in [3.63, 3.8) is 0 Å². The fraction of sp³-hybridized carbons (Fsp3) is 0.111. The molecule has 25 heavy (non-hydrogen) atoms. The summed E-state index contributed by atoms with van der Waals surface area (Å²) in [5.41, 5.74) is 0.817. The maximum Gasteiger partial charge on any atom is 0.344 e. The lowest BCUT2D eigenvalue weighted by Crippen LogP contribution is -2.12. The minimum absolute atomic E-state index is 0.0948. The monoisotopic (exact) mass is 435 g/mol. The third-order valence-electron chi connectivity index (χ3n) is 3.22. The van der Waals surface area contributed by atoms with Crippen molar-refractivity contribution in [2.24, 2.45) is 4.99 Å². The van der Waals surface area contributed by atoms with Crippen molar-refractivity contribution in [3.05, 3.63) is 67.4 Å². The highest BCUT2D eigenvalue weighted by molar-refractivity contribution is 9.11. The minimum Gasteiger partial charge on any atom is -0.506 e. The smallest absolute Gasteiger partial charge is 0.344 e. The highest BCUT2D eigenvalue weighted by Crippen LogP contribution is 2.41. The van der Waals surface area contributed by atoms with Gasteiger partial charge in [0.1, 0.15) is 16.4 Å². The van der Waals surface area contributed by atoms with Crippen LogP contribution < -0.4 is 0 Å². The van der Waals surface area contributed by atoms with Crippen molar-refractivity contribution in [3.8, 4) is 0 Å². The molecule has 0 unspecified atom stereocenters. The second-order valence-electron chi connectivity index (χ2n) is 4.95. The van der Waals surface area contributed by atoms with Crippen LogP contribution in [-0.4, -0.2) is 22.7 Å². The van der Waals surface area contributed by atoms with E-state index in [2.05, 4.69) is 20.9 Å². The molecule has 0 saturated carbocycles. The average Bonchev–Trinajstić information content (AvgIpc) is 3.13. The first-order valence-electron chi connectivity index (χ1n) is 7.48. The molecule has 0 amide bonds. The molecular formula is C18H14BrNO3S2. The SMILES string of the molecule is CCOC(=O)C1=C(O)/C(=C/c2ccc(Br)s2)SC1=Nc1ccccc1. The maximum absolute atomic E-state index is 12.3. The predicted molar refractivity (Wildman–Crippen MR) is 107 cm³/mol. The maximum atomic E-state index is 12.3. The second-order valence-corrected chi connectivity index (χ2v) is 8.47. The minimum atomic E-state index is -0.571. The summed E-state index contributed by atoms with van der Waals surface area (Å²) >= 11 is 6.21. The number of aliphatic imine (C=N–C) groups is 1. The number of thiophene rings is 1. The van der Waals surface area contributed by atoms with Gasteiger partial charge < -0.3 is 9.84 Å². The molecular weight excluding hydrogens is 422 g/mol.